The maximum Gasteiger partial charge on any atom is 0.248 e. The molecule has 0 amide bonds. The number of anilines is 3. The summed E-state index contributed by atoms with van der Waals surface area (Å²) in [5.74, 6) is 1.51. The normalized spacial score (nSPS) is 14.2. The molecule has 3 N–H and O–H groups in total. The average molecular weight is 348 g/mol. The third-order valence-electron chi connectivity index (χ3n) is 4.31. The van der Waals surface area contributed by atoms with Crippen molar-refractivity contribution in [2.45, 2.75) is 0 Å². The van der Waals surface area contributed by atoms with E-state index in [4.69, 9.17) is 0 Å². The number of aromatic nitrogens is 3. The molecule has 0 saturated carbocycles. The highest BCUT2D eigenvalue weighted by atomic mass is 16.1. The second-order valence-electron chi connectivity index (χ2n) is 6.12. The molecule has 1 saturated heterocycles. The number of nitrogens with one attached hydrogen (secondary N) is 3. The standard InChI is InChI=1S/C19H20N6O/c26-18-13-15(5-7-21-18)14-1-3-16(4-2-14)23-17-6-8-22-19(24-17)25-11-9-20-10-12-25/h1-8,13,20H,9-12H2,(H,21,26)(H,22,23,24). The zero-order valence-corrected chi connectivity index (χ0v) is 14.3. The fourth-order valence-electron chi connectivity index (χ4n) is 2.95. The van der Waals surface area contributed by atoms with Gasteiger partial charge in [0.2, 0.25) is 11.5 Å². The first-order chi connectivity index (χ1) is 12.8. The Balaban J connectivity index is 1.50. The largest absolute Gasteiger partial charge is 0.340 e. The molecule has 1 aliphatic rings. The van der Waals surface area contributed by atoms with Gasteiger partial charge < -0.3 is 20.5 Å². The molecule has 1 aromatic carbocycles. The zero-order valence-electron chi connectivity index (χ0n) is 14.3. The molecule has 0 radical (unpaired) electrons. The van der Waals surface area contributed by atoms with Crippen molar-refractivity contribution in [3.05, 3.63) is 65.2 Å². The number of hydrogen-bond donors (Lipinski definition) is 3. The first kappa shape index (κ1) is 16.3. The first-order valence-corrected chi connectivity index (χ1v) is 8.63. The van der Waals surface area contributed by atoms with Gasteiger partial charge in [0, 0.05) is 50.3 Å². The minimum atomic E-state index is -0.105. The van der Waals surface area contributed by atoms with Gasteiger partial charge in [0.1, 0.15) is 5.82 Å². The van der Waals surface area contributed by atoms with Crippen LogP contribution in [0.2, 0.25) is 0 Å². The van der Waals surface area contributed by atoms with Gasteiger partial charge in [0.05, 0.1) is 0 Å². The van der Waals surface area contributed by atoms with E-state index in [1.807, 2.05) is 36.4 Å². The highest BCUT2D eigenvalue weighted by Gasteiger charge is 2.13. The van der Waals surface area contributed by atoms with E-state index in [2.05, 4.69) is 30.5 Å². The van der Waals surface area contributed by atoms with Crippen LogP contribution in [0, 0.1) is 0 Å². The Morgan fingerprint density at radius 3 is 2.58 bits per heavy atom. The highest BCUT2D eigenvalue weighted by Crippen LogP contribution is 2.22. The summed E-state index contributed by atoms with van der Waals surface area (Å²) in [4.78, 5) is 25.2. The lowest BCUT2D eigenvalue weighted by molar-refractivity contribution is 0.580. The Labute approximate surface area is 151 Å². The maximum absolute atomic E-state index is 11.4. The van der Waals surface area contributed by atoms with Crippen LogP contribution in [0.4, 0.5) is 17.5 Å². The molecule has 0 spiro atoms. The van der Waals surface area contributed by atoms with Gasteiger partial charge in [0.15, 0.2) is 0 Å². The highest BCUT2D eigenvalue weighted by molar-refractivity contribution is 5.67. The van der Waals surface area contributed by atoms with Gasteiger partial charge in [-0.3, -0.25) is 4.79 Å². The molecule has 0 unspecified atom stereocenters. The van der Waals surface area contributed by atoms with Crippen LogP contribution in [0.1, 0.15) is 0 Å². The molecule has 4 rings (SSSR count). The van der Waals surface area contributed by atoms with Crippen LogP contribution in [-0.2, 0) is 0 Å². The van der Waals surface area contributed by atoms with Crippen molar-refractivity contribution in [1.82, 2.24) is 20.3 Å². The van der Waals surface area contributed by atoms with Crippen LogP contribution in [0.3, 0.4) is 0 Å². The predicted octanol–water partition coefficient (Wildman–Crippen LogP) is 1.99. The first-order valence-electron chi connectivity index (χ1n) is 8.63. The number of benzene rings is 1. The summed E-state index contributed by atoms with van der Waals surface area (Å²) in [7, 11) is 0. The van der Waals surface area contributed by atoms with Gasteiger partial charge in [-0.25, -0.2) is 4.98 Å². The number of piperazine rings is 1. The Kier molecular flexibility index (Phi) is 4.61. The van der Waals surface area contributed by atoms with Gasteiger partial charge >= 0.3 is 0 Å². The lowest BCUT2D eigenvalue weighted by Crippen LogP contribution is -2.44. The number of nitrogens with zero attached hydrogens (tertiary/aromatic N) is 3. The number of rotatable bonds is 4. The molecule has 7 heteroatoms. The average Bonchev–Trinajstić information content (AvgIpc) is 2.69. The van der Waals surface area contributed by atoms with Gasteiger partial charge in [-0.1, -0.05) is 12.1 Å². The molecule has 1 fully saturated rings. The third kappa shape index (κ3) is 3.73. The van der Waals surface area contributed by atoms with Crippen molar-refractivity contribution >= 4 is 17.5 Å². The number of pyridine rings is 1. The van der Waals surface area contributed by atoms with Crippen LogP contribution in [-0.4, -0.2) is 41.1 Å². The summed E-state index contributed by atoms with van der Waals surface area (Å²) in [6.45, 7) is 3.72. The van der Waals surface area contributed by atoms with Crippen LogP contribution in [0.25, 0.3) is 11.1 Å². The summed E-state index contributed by atoms with van der Waals surface area (Å²) >= 11 is 0. The smallest absolute Gasteiger partial charge is 0.248 e. The summed E-state index contributed by atoms with van der Waals surface area (Å²) in [6.07, 6.45) is 3.43. The topological polar surface area (TPSA) is 85.9 Å². The molecule has 0 aliphatic carbocycles. The number of hydrogen-bond acceptors (Lipinski definition) is 6. The van der Waals surface area contributed by atoms with E-state index in [-0.39, 0.29) is 5.56 Å². The van der Waals surface area contributed by atoms with Crippen LogP contribution < -0.4 is 21.1 Å². The Morgan fingerprint density at radius 2 is 1.81 bits per heavy atom. The molecule has 1 aliphatic heterocycles. The summed E-state index contributed by atoms with van der Waals surface area (Å²) in [6, 6.07) is 13.2. The second kappa shape index (κ2) is 7.37. The molecule has 26 heavy (non-hydrogen) atoms. The molecule has 3 heterocycles. The van der Waals surface area contributed by atoms with E-state index in [1.165, 1.54) is 0 Å². The van der Waals surface area contributed by atoms with E-state index < -0.39 is 0 Å². The minimum Gasteiger partial charge on any atom is -0.340 e. The Bertz CT molecular complexity index is 931. The fraction of sp³-hybridized carbons (Fsp3) is 0.211. The van der Waals surface area contributed by atoms with E-state index in [0.29, 0.717) is 0 Å². The number of aromatic amines is 1. The number of H-pyrrole nitrogens is 1. The summed E-state index contributed by atoms with van der Waals surface area (Å²) < 4.78 is 0. The van der Waals surface area contributed by atoms with E-state index >= 15 is 0 Å². The molecular formula is C19H20N6O. The van der Waals surface area contributed by atoms with Gasteiger partial charge in [-0.2, -0.15) is 4.98 Å². The molecular weight excluding hydrogens is 328 g/mol. The molecule has 3 aromatic rings. The van der Waals surface area contributed by atoms with Gasteiger partial charge in [0.25, 0.3) is 0 Å². The third-order valence-corrected chi connectivity index (χ3v) is 4.31. The molecule has 0 bridgehead atoms. The minimum absolute atomic E-state index is 0.105. The van der Waals surface area contributed by atoms with Crippen LogP contribution in [0.5, 0.6) is 0 Å². The monoisotopic (exact) mass is 348 g/mol. The Hall–Kier alpha value is -3.19. The summed E-state index contributed by atoms with van der Waals surface area (Å²) in [5.41, 5.74) is 2.71. The SMILES string of the molecule is O=c1cc(-c2ccc(Nc3ccnc(N4CCNCC4)n3)cc2)cc[nH]1. The van der Waals surface area contributed by atoms with Crippen LogP contribution >= 0.6 is 0 Å². The van der Waals surface area contributed by atoms with E-state index in [0.717, 1.165) is 54.8 Å². The van der Waals surface area contributed by atoms with E-state index in [9.17, 15) is 4.79 Å². The van der Waals surface area contributed by atoms with Crippen molar-refractivity contribution in [1.29, 1.82) is 0 Å². The molecule has 7 nitrogen and oxygen atoms in total. The van der Waals surface area contributed by atoms with Gasteiger partial charge in [-0.15, -0.1) is 0 Å². The zero-order chi connectivity index (χ0) is 17.8. The van der Waals surface area contributed by atoms with Crippen molar-refractivity contribution in [3.63, 3.8) is 0 Å². The molecule has 0 atom stereocenters. The molecule has 132 valence electrons. The predicted molar refractivity (Wildman–Crippen MR) is 103 cm³/mol. The Morgan fingerprint density at radius 1 is 1.00 bits per heavy atom. The van der Waals surface area contributed by atoms with Crippen molar-refractivity contribution in [3.8, 4) is 11.1 Å². The summed E-state index contributed by atoms with van der Waals surface area (Å²) in [5, 5.41) is 6.64. The quantitative estimate of drug-likeness (QED) is 0.668. The fourth-order valence-corrected chi connectivity index (χ4v) is 2.95. The van der Waals surface area contributed by atoms with E-state index in [1.54, 1.807) is 18.5 Å². The van der Waals surface area contributed by atoms with Crippen molar-refractivity contribution in [2.75, 3.05) is 36.4 Å². The lowest BCUT2D eigenvalue weighted by atomic mass is 10.1. The second-order valence-corrected chi connectivity index (χ2v) is 6.12. The van der Waals surface area contributed by atoms with Crippen LogP contribution in [0.15, 0.2) is 59.7 Å². The molecule has 2 aromatic heterocycles. The maximum atomic E-state index is 11.4. The van der Waals surface area contributed by atoms with Crippen molar-refractivity contribution in [2.24, 2.45) is 0 Å². The lowest BCUT2D eigenvalue weighted by Gasteiger charge is -2.27. The van der Waals surface area contributed by atoms with Crippen molar-refractivity contribution < 1.29 is 0 Å². The van der Waals surface area contributed by atoms with Gasteiger partial charge in [-0.05, 0) is 35.4 Å².